The van der Waals surface area contributed by atoms with Crippen molar-refractivity contribution in [3.8, 4) is 17.2 Å². The minimum Gasteiger partial charge on any atom is -0.497 e. The van der Waals surface area contributed by atoms with Crippen LogP contribution in [0.4, 0.5) is 5.69 Å². The molecule has 2 N–H and O–H groups in total. The van der Waals surface area contributed by atoms with E-state index in [1.54, 1.807) is 37.5 Å². The van der Waals surface area contributed by atoms with Crippen molar-refractivity contribution < 1.29 is 23.8 Å². The minimum absolute atomic E-state index is 0.00295. The molecule has 0 spiro atoms. The lowest BCUT2D eigenvalue weighted by atomic mass is 10.1. The Bertz CT molecular complexity index is 1280. The molecule has 3 aromatic rings. The highest BCUT2D eigenvalue weighted by Crippen LogP contribution is 2.34. The number of ether oxygens (including phenoxy) is 3. The van der Waals surface area contributed by atoms with Crippen molar-refractivity contribution in [1.82, 2.24) is 5.43 Å². The molecule has 0 aliphatic rings. The second kappa shape index (κ2) is 15.0. The molecule has 0 aliphatic carbocycles. The number of hydrogen-bond acceptors (Lipinski definition) is 6. The van der Waals surface area contributed by atoms with E-state index in [0.717, 1.165) is 16.7 Å². The van der Waals surface area contributed by atoms with Crippen LogP contribution in [-0.4, -0.2) is 31.7 Å². The van der Waals surface area contributed by atoms with E-state index >= 15 is 0 Å². The zero-order chi connectivity index (χ0) is 28.0. The van der Waals surface area contributed by atoms with Gasteiger partial charge in [-0.2, -0.15) is 5.10 Å². The van der Waals surface area contributed by atoms with Crippen LogP contribution < -0.4 is 25.0 Å². The molecule has 3 rings (SSSR count). The molecule has 0 aliphatic heterocycles. The van der Waals surface area contributed by atoms with Gasteiger partial charge in [0, 0.05) is 24.1 Å². The summed E-state index contributed by atoms with van der Waals surface area (Å²) in [5, 5.41) is 6.81. The zero-order valence-corrected chi connectivity index (χ0v) is 22.7. The number of amides is 2. The summed E-state index contributed by atoms with van der Waals surface area (Å²) in [5.41, 5.74) is 6.98. The number of allylic oxidation sites excluding steroid dienone is 1. The maximum atomic E-state index is 12.2. The Balaban J connectivity index is 1.59. The molecule has 0 radical (unpaired) electrons. The normalized spacial score (nSPS) is 10.6. The smallest absolute Gasteiger partial charge is 0.240 e. The fraction of sp³-hybridized carbons (Fsp3) is 0.258. The second-order valence-electron chi connectivity index (χ2n) is 8.78. The Morgan fingerprint density at radius 3 is 2.36 bits per heavy atom. The molecule has 0 saturated carbocycles. The molecule has 3 aromatic carbocycles. The molecule has 8 nitrogen and oxygen atoms in total. The average Bonchev–Trinajstić information content (AvgIpc) is 2.93. The largest absolute Gasteiger partial charge is 0.497 e. The van der Waals surface area contributed by atoms with Crippen molar-refractivity contribution in [2.24, 2.45) is 5.10 Å². The fourth-order valence-corrected chi connectivity index (χ4v) is 3.69. The molecule has 0 fully saturated rings. The monoisotopic (exact) mass is 529 g/mol. The van der Waals surface area contributed by atoms with Crippen LogP contribution in [-0.2, 0) is 22.6 Å². The number of nitrogens with one attached hydrogen (secondary N) is 2. The molecule has 8 heteroatoms. The number of methoxy groups -OCH3 is 1. The summed E-state index contributed by atoms with van der Waals surface area (Å²) in [7, 11) is 1.57. The molecule has 0 heterocycles. The van der Waals surface area contributed by atoms with E-state index in [4.69, 9.17) is 14.2 Å². The molecule has 0 aromatic heterocycles. The number of benzene rings is 3. The first-order valence-corrected chi connectivity index (χ1v) is 12.8. The van der Waals surface area contributed by atoms with Crippen LogP contribution in [0.2, 0.25) is 0 Å². The number of hydrazone groups is 1. The zero-order valence-electron chi connectivity index (χ0n) is 22.7. The van der Waals surface area contributed by atoms with Gasteiger partial charge in [0.1, 0.15) is 12.4 Å². The number of rotatable bonds is 14. The van der Waals surface area contributed by atoms with Gasteiger partial charge in [-0.25, -0.2) is 5.43 Å². The van der Waals surface area contributed by atoms with Gasteiger partial charge in [-0.05, 0) is 67.8 Å². The van der Waals surface area contributed by atoms with Crippen LogP contribution in [0, 0.1) is 6.92 Å². The average molecular weight is 530 g/mol. The summed E-state index contributed by atoms with van der Waals surface area (Å²) in [5.74, 6) is 1.30. The predicted octanol–water partition coefficient (Wildman–Crippen LogP) is 5.58. The van der Waals surface area contributed by atoms with E-state index in [2.05, 4.69) is 22.4 Å². The topological polar surface area (TPSA) is 98.3 Å². The van der Waals surface area contributed by atoms with Crippen molar-refractivity contribution in [2.75, 3.05) is 19.0 Å². The van der Waals surface area contributed by atoms with Crippen LogP contribution in [0.3, 0.4) is 0 Å². The molecule has 2 amide bonds. The Morgan fingerprint density at radius 2 is 1.69 bits per heavy atom. The highest BCUT2D eigenvalue weighted by atomic mass is 16.5. The summed E-state index contributed by atoms with van der Waals surface area (Å²) in [6, 6.07) is 18.9. The van der Waals surface area contributed by atoms with E-state index in [1.807, 2.05) is 50.2 Å². The van der Waals surface area contributed by atoms with Crippen LogP contribution in [0.5, 0.6) is 17.2 Å². The third-order valence-electron chi connectivity index (χ3n) is 5.68. The number of carbonyl (C=O) groups excluding carboxylic acids is 2. The molecule has 0 saturated heterocycles. The molecule has 204 valence electrons. The van der Waals surface area contributed by atoms with Crippen molar-refractivity contribution in [2.45, 2.75) is 39.7 Å². The Kier molecular flexibility index (Phi) is 11.1. The van der Waals surface area contributed by atoms with Gasteiger partial charge in [-0.1, -0.05) is 35.9 Å². The van der Waals surface area contributed by atoms with Gasteiger partial charge in [0.2, 0.25) is 11.8 Å². The number of hydrogen-bond donors (Lipinski definition) is 2. The van der Waals surface area contributed by atoms with Gasteiger partial charge < -0.3 is 19.5 Å². The predicted molar refractivity (Wildman–Crippen MR) is 154 cm³/mol. The van der Waals surface area contributed by atoms with Gasteiger partial charge >= 0.3 is 0 Å². The van der Waals surface area contributed by atoms with Crippen LogP contribution in [0.25, 0.3) is 0 Å². The third-order valence-corrected chi connectivity index (χ3v) is 5.68. The lowest BCUT2D eigenvalue weighted by molar-refractivity contribution is -0.124. The number of carbonyl (C=O) groups is 2. The van der Waals surface area contributed by atoms with Crippen molar-refractivity contribution in [3.63, 3.8) is 0 Å². The summed E-state index contributed by atoms with van der Waals surface area (Å²) >= 11 is 0. The Hall–Kier alpha value is -4.59. The lowest BCUT2D eigenvalue weighted by Crippen LogP contribution is -2.20. The summed E-state index contributed by atoms with van der Waals surface area (Å²) in [6.45, 7) is 8.68. The highest BCUT2D eigenvalue weighted by molar-refractivity contribution is 5.93. The Morgan fingerprint density at radius 1 is 0.974 bits per heavy atom. The van der Waals surface area contributed by atoms with E-state index in [1.165, 1.54) is 11.8 Å². The fourth-order valence-electron chi connectivity index (χ4n) is 3.69. The second-order valence-corrected chi connectivity index (χ2v) is 8.78. The first-order valence-electron chi connectivity index (χ1n) is 12.8. The quantitative estimate of drug-likeness (QED) is 0.161. The third kappa shape index (κ3) is 9.34. The van der Waals surface area contributed by atoms with Gasteiger partial charge in [0.05, 0.1) is 19.9 Å². The van der Waals surface area contributed by atoms with Gasteiger partial charge in [0.15, 0.2) is 11.5 Å². The standard InChI is InChI=1S/C31H35N3O5/c1-5-7-25-18-24(19-28(38-6-2)31(25)39-21-23-10-8-22(3)9-11-23)20-32-34-30(36)17-16-29(35)33-26-12-14-27(37-4)15-13-26/h5,8-15,18-20H,1,6-7,16-17,21H2,2-4H3,(H,33,35)(H,34,36). The van der Waals surface area contributed by atoms with E-state index in [0.29, 0.717) is 42.6 Å². The maximum absolute atomic E-state index is 12.2. The number of anilines is 1. The molecular formula is C31H35N3O5. The van der Waals surface area contributed by atoms with Crippen molar-refractivity contribution in [1.29, 1.82) is 0 Å². The number of aryl methyl sites for hydroxylation is 1. The molecule has 0 atom stereocenters. The summed E-state index contributed by atoms with van der Waals surface area (Å²) in [6.07, 6.45) is 3.92. The first kappa shape index (κ1) is 29.0. The maximum Gasteiger partial charge on any atom is 0.240 e. The van der Waals surface area contributed by atoms with Crippen molar-refractivity contribution >= 4 is 23.7 Å². The number of nitrogens with zero attached hydrogens (tertiary/aromatic N) is 1. The molecule has 39 heavy (non-hydrogen) atoms. The van der Waals surface area contributed by atoms with Crippen molar-refractivity contribution in [3.05, 3.63) is 95.6 Å². The van der Waals surface area contributed by atoms with E-state index in [-0.39, 0.29) is 24.7 Å². The van der Waals surface area contributed by atoms with Gasteiger partial charge in [0.25, 0.3) is 0 Å². The van der Waals surface area contributed by atoms with E-state index < -0.39 is 0 Å². The van der Waals surface area contributed by atoms with Gasteiger partial charge in [-0.15, -0.1) is 6.58 Å². The SMILES string of the molecule is C=CCc1cc(C=NNC(=O)CCC(=O)Nc2ccc(OC)cc2)cc(OCC)c1OCc1ccc(C)cc1. The minimum atomic E-state index is -0.370. The van der Waals surface area contributed by atoms with Crippen LogP contribution >= 0.6 is 0 Å². The van der Waals surface area contributed by atoms with Crippen LogP contribution in [0.15, 0.2) is 78.4 Å². The molecular weight excluding hydrogens is 494 g/mol. The van der Waals surface area contributed by atoms with E-state index in [9.17, 15) is 9.59 Å². The van der Waals surface area contributed by atoms with Gasteiger partial charge in [-0.3, -0.25) is 9.59 Å². The summed E-state index contributed by atoms with van der Waals surface area (Å²) < 4.78 is 17.1. The lowest BCUT2D eigenvalue weighted by Gasteiger charge is -2.17. The highest BCUT2D eigenvalue weighted by Gasteiger charge is 2.14. The first-order chi connectivity index (χ1) is 18.9. The Labute approximate surface area is 229 Å². The molecule has 0 unspecified atom stereocenters. The summed E-state index contributed by atoms with van der Waals surface area (Å²) in [4.78, 5) is 24.4. The molecule has 0 bridgehead atoms. The van der Waals surface area contributed by atoms with Crippen LogP contribution in [0.1, 0.15) is 42.0 Å².